The predicted molar refractivity (Wildman–Crippen MR) is 69.9 cm³/mol. The molecule has 0 spiro atoms. The molecular weight excluding hydrogens is 222 g/mol. The van der Waals surface area contributed by atoms with Crippen molar-refractivity contribution < 1.29 is 8.42 Å². The van der Waals surface area contributed by atoms with Crippen LogP contribution in [-0.2, 0) is 10.0 Å². The molecule has 0 saturated carbocycles. The number of hydrogen-bond donors (Lipinski definition) is 1. The fourth-order valence-corrected chi connectivity index (χ4v) is 1.84. The molecule has 0 saturated heterocycles. The number of rotatable bonds is 6. The number of hydrogen-bond acceptors (Lipinski definition) is 2. The Hall–Kier alpha value is -0.0900. The van der Waals surface area contributed by atoms with Crippen molar-refractivity contribution in [2.45, 2.75) is 53.9 Å². The average molecular weight is 249 g/mol. The molecule has 0 aliphatic carbocycles. The van der Waals surface area contributed by atoms with Crippen LogP contribution in [0.5, 0.6) is 0 Å². The van der Waals surface area contributed by atoms with Crippen LogP contribution >= 0.6 is 0 Å². The van der Waals surface area contributed by atoms with Gasteiger partial charge in [0.15, 0.2) is 0 Å². The van der Waals surface area contributed by atoms with Gasteiger partial charge in [-0.05, 0) is 23.7 Å². The summed E-state index contributed by atoms with van der Waals surface area (Å²) in [5.74, 6) is 0. The summed E-state index contributed by atoms with van der Waals surface area (Å²) in [5, 5.41) is 0. The first-order chi connectivity index (χ1) is 6.96. The first kappa shape index (κ1) is 15.9. The molecule has 4 heteroatoms. The Bertz CT molecular complexity index is 299. The van der Waals surface area contributed by atoms with Crippen molar-refractivity contribution in [1.29, 1.82) is 0 Å². The summed E-state index contributed by atoms with van der Waals surface area (Å²) in [6.45, 7) is 11.9. The monoisotopic (exact) mass is 249 g/mol. The third-order valence-electron chi connectivity index (χ3n) is 3.62. The molecule has 0 atom stereocenters. The van der Waals surface area contributed by atoms with E-state index in [1.807, 2.05) is 0 Å². The first-order valence-corrected chi connectivity index (χ1v) is 7.79. The molecule has 0 bridgehead atoms. The summed E-state index contributed by atoms with van der Waals surface area (Å²) in [6.07, 6.45) is 4.30. The third-order valence-corrected chi connectivity index (χ3v) is 4.35. The molecule has 1 N–H and O–H groups in total. The fourth-order valence-electron chi connectivity index (χ4n) is 1.32. The largest absolute Gasteiger partial charge is 0.215 e. The summed E-state index contributed by atoms with van der Waals surface area (Å²) in [6, 6.07) is 0. The molecular formula is C12H27NO2S. The van der Waals surface area contributed by atoms with Crippen molar-refractivity contribution in [3.8, 4) is 0 Å². The van der Waals surface area contributed by atoms with E-state index in [0.29, 0.717) is 6.54 Å². The van der Waals surface area contributed by atoms with E-state index in [2.05, 4.69) is 39.3 Å². The highest BCUT2D eigenvalue weighted by Crippen LogP contribution is 2.41. The molecule has 0 amide bonds. The number of sulfonamides is 1. The third kappa shape index (κ3) is 6.48. The molecule has 0 fully saturated rings. The molecule has 0 aliphatic heterocycles. The molecule has 0 unspecified atom stereocenters. The molecule has 0 aromatic carbocycles. The Labute approximate surface area is 101 Å². The second-order valence-electron chi connectivity index (χ2n) is 6.26. The SMILES string of the molecule is CC(C)(C)C(C)(C)CCCCNS(C)(=O)=O. The lowest BCUT2D eigenvalue weighted by Crippen LogP contribution is -2.30. The van der Waals surface area contributed by atoms with Gasteiger partial charge in [0, 0.05) is 6.54 Å². The minimum Gasteiger partial charge on any atom is -0.215 e. The van der Waals surface area contributed by atoms with E-state index in [-0.39, 0.29) is 10.8 Å². The molecule has 16 heavy (non-hydrogen) atoms. The lowest BCUT2D eigenvalue weighted by molar-refractivity contribution is 0.116. The molecule has 0 aliphatic rings. The highest BCUT2D eigenvalue weighted by molar-refractivity contribution is 7.88. The van der Waals surface area contributed by atoms with Crippen LogP contribution in [0.25, 0.3) is 0 Å². The Balaban J connectivity index is 3.84. The number of nitrogens with one attached hydrogen (secondary N) is 1. The maximum atomic E-state index is 10.8. The zero-order chi connectivity index (χ0) is 13.0. The Morgan fingerprint density at radius 2 is 1.50 bits per heavy atom. The number of unbranched alkanes of at least 4 members (excludes halogenated alkanes) is 1. The van der Waals surface area contributed by atoms with Crippen molar-refractivity contribution in [2.24, 2.45) is 10.8 Å². The van der Waals surface area contributed by atoms with E-state index >= 15 is 0 Å². The minimum atomic E-state index is -3.02. The van der Waals surface area contributed by atoms with Crippen molar-refractivity contribution in [1.82, 2.24) is 4.72 Å². The Kier molecular flexibility index (Phi) is 5.47. The van der Waals surface area contributed by atoms with Crippen LogP contribution in [-0.4, -0.2) is 21.2 Å². The standard InChI is InChI=1S/C12H27NO2S/c1-11(2,3)12(4,5)9-7-8-10-13-16(6,14)15/h13H,7-10H2,1-6H3. The maximum absolute atomic E-state index is 10.8. The van der Waals surface area contributed by atoms with E-state index in [9.17, 15) is 8.42 Å². The van der Waals surface area contributed by atoms with Gasteiger partial charge >= 0.3 is 0 Å². The van der Waals surface area contributed by atoms with E-state index in [1.165, 1.54) is 6.26 Å². The van der Waals surface area contributed by atoms with Crippen LogP contribution in [0.2, 0.25) is 0 Å². The van der Waals surface area contributed by atoms with E-state index in [0.717, 1.165) is 19.3 Å². The molecule has 0 aromatic heterocycles. The molecule has 3 nitrogen and oxygen atoms in total. The molecule has 0 heterocycles. The first-order valence-electron chi connectivity index (χ1n) is 5.90. The van der Waals surface area contributed by atoms with Crippen molar-refractivity contribution in [3.63, 3.8) is 0 Å². The summed E-state index contributed by atoms with van der Waals surface area (Å²) in [4.78, 5) is 0. The lowest BCUT2D eigenvalue weighted by Gasteiger charge is -2.39. The average Bonchev–Trinajstić information content (AvgIpc) is 1.98. The fraction of sp³-hybridized carbons (Fsp3) is 1.00. The van der Waals surface area contributed by atoms with Crippen LogP contribution in [0.3, 0.4) is 0 Å². The van der Waals surface area contributed by atoms with Gasteiger partial charge in [-0.2, -0.15) is 0 Å². The van der Waals surface area contributed by atoms with Gasteiger partial charge in [-0.15, -0.1) is 0 Å². The van der Waals surface area contributed by atoms with E-state index in [4.69, 9.17) is 0 Å². The summed E-state index contributed by atoms with van der Waals surface area (Å²) < 4.78 is 24.2. The summed E-state index contributed by atoms with van der Waals surface area (Å²) in [5.41, 5.74) is 0.579. The quantitative estimate of drug-likeness (QED) is 0.736. The molecule has 0 radical (unpaired) electrons. The van der Waals surface area contributed by atoms with Gasteiger partial charge in [-0.25, -0.2) is 13.1 Å². The molecule has 0 aromatic rings. The second kappa shape index (κ2) is 5.50. The van der Waals surface area contributed by atoms with Gasteiger partial charge in [-0.1, -0.05) is 41.0 Å². The Morgan fingerprint density at radius 1 is 1.00 bits per heavy atom. The van der Waals surface area contributed by atoms with Crippen molar-refractivity contribution in [2.75, 3.05) is 12.8 Å². The Morgan fingerprint density at radius 3 is 1.88 bits per heavy atom. The van der Waals surface area contributed by atoms with Gasteiger partial charge < -0.3 is 0 Å². The van der Waals surface area contributed by atoms with Crippen LogP contribution in [0.4, 0.5) is 0 Å². The predicted octanol–water partition coefficient (Wildman–Crippen LogP) is 2.78. The summed E-state index contributed by atoms with van der Waals surface area (Å²) in [7, 11) is -3.02. The highest BCUT2D eigenvalue weighted by atomic mass is 32.2. The molecule has 0 rings (SSSR count). The van der Waals surface area contributed by atoms with E-state index < -0.39 is 10.0 Å². The highest BCUT2D eigenvalue weighted by Gasteiger charge is 2.31. The zero-order valence-corrected chi connectivity index (χ0v) is 12.4. The van der Waals surface area contributed by atoms with Crippen molar-refractivity contribution in [3.05, 3.63) is 0 Å². The molecule has 98 valence electrons. The van der Waals surface area contributed by atoms with Gasteiger partial charge in [0.25, 0.3) is 0 Å². The van der Waals surface area contributed by atoms with Gasteiger partial charge in [0.05, 0.1) is 6.26 Å². The van der Waals surface area contributed by atoms with Gasteiger partial charge in [0.1, 0.15) is 0 Å². The topological polar surface area (TPSA) is 46.2 Å². The van der Waals surface area contributed by atoms with Crippen LogP contribution in [0, 0.1) is 10.8 Å². The van der Waals surface area contributed by atoms with Crippen molar-refractivity contribution >= 4 is 10.0 Å². The van der Waals surface area contributed by atoms with Crippen LogP contribution in [0.1, 0.15) is 53.9 Å². The normalized spacial score (nSPS) is 14.1. The lowest BCUT2D eigenvalue weighted by atomic mass is 9.67. The van der Waals surface area contributed by atoms with Crippen LogP contribution in [0.15, 0.2) is 0 Å². The van der Waals surface area contributed by atoms with Gasteiger partial charge in [0.2, 0.25) is 10.0 Å². The second-order valence-corrected chi connectivity index (χ2v) is 8.09. The minimum absolute atomic E-state index is 0.289. The van der Waals surface area contributed by atoms with Crippen LogP contribution < -0.4 is 4.72 Å². The van der Waals surface area contributed by atoms with E-state index in [1.54, 1.807) is 0 Å². The summed E-state index contributed by atoms with van der Waals surface area (Å²) >= 11 is 0. The maximum Gasteiger partial charge on any atom is 0.208 e. The smallest absolute Gasteiger partial charge is 0.208 e. The van der Waals surface area contributed by atoms with Gasteiger partial charge in [-0.3, -0.25) is 0 Å². The zero-order valence-electron chi connectivity index (χ0n) is 11.6.